The van der Waals surface area contributed by atoms with E-state index in [4.69, 9.17) is 0 Å². The van der Waals surface area contributed by atoms with Crippen molar-refractivity contribution in [3.63, 3.8) is 0 Å². The van der Waals surface area contributed by atoms with Gasteiger partial charge in [-0.3, -0.25) is 0 Å². The van der Waals surface area contributed by atoms with Gasteiger partial charge in [0.15, 0.2) is 0 Å². The van der Waals surface area contributed by atoms with Crippen LogP contribution in [0.2, 0.25) is 19.6 Å². The molecule has 1 rings (SSSR count). The summed E-state index contributed by atoms with van der Waals surface area (Å²) >= 11 is 0. The van der Waals surface area contributed by atoms with Crippen LogP contribution in [0.1, 0.15) is 5.56 Å². The quantitative estimate of drug-likeness (QED) is 0.527. The molecular weight excluding hydrogens is 203 g/mol. The van der Waals surface area contributed by atoms with E-state index in [0.29, 0.717) is 0 Å². The smallest absolute Gasteiger partial charge is 0.123 e. The Labute approximate surface area is 92.2 Å². The van der Waals surface area contributed by atoms with E-state index in [1.54, 1.807) is 12.1 Å². The third-order valence-corrected chi connectivity index (χ3v) is 3.06. The molecule has 0 bridgehead atoms. The lowest BCUT2D eigenvalue weighted by Gasteiger charge is -2.06. The molecule has 0 atom stereocenters. The van der Waals surface area contributed by atoms with Crippen molar-refractivity contribution in [2.24, 2.45) is 0 Å². The second-order valence-corrected chi connectivity index (χ2v) is 9.70. The molecule has 0 fully saturated rings. The first-order valence-corrected chi connectivity index (χ1v) is 8.67. The molecule has 0 aliphatic heterocycles. The van der Waals surface area contributed by atoms with Gasteiger partial charge < -0.3 is 0 Å². The molecule has 0 saturated heterocycles. The molecule has 0 saturated carbocycles. The Bertz CT molecular complexity index is 355. The summed E-state index contributed by atoms with van der Waals surface area (Å²) in [7, 11) is -1.10. The van der Waals surface area contributed by atoms with Crippen LogP contribution in [0.5, 0.6) is 0 Å². The van der Waals surface area contributed by atoms with Crippen molar-refractivity contribution in [1.82, 2.24) is 0 Å². The molecule has 0 aliphatic rings. The van der Waals surface area contributed by atoms with Crippen LogP contribution in [-0.2, 0) is 0 Å². The van der Waals surface area contributed by atoms with Gasteiger partial charge in [-0.1, -0.05) is 55.7 Å². The minimum absolute atomic E-state index is 0.190. The zero-order valence-electron chi connectivity index (χ0n) is 9.50. The van der Waals surface area contributed by atoms with Crippen molar-refractivity contribution >= 4 is 14.1 Å². The zero-order chi connectivity index (χ0) is 11.3. The van der Waals surface area contributed by atoms with Gasteiger partial charge in [-0.15, -0.1) is 0 Å². The van der Waals surface area contributed by atoms with Crippen molar-refractivity contribution < 1.29 is 4.39 Å². The Kier molecular flexibility index (Phi) is 4.03. The maximum Gasteiger partial charge on any atom is 0.123 e. The Hall–Kier alpha value is -1.15. The molecule has 0 amide bonds. The maximum absolute atomic E-state index is 12.6. The number of halogens is 1. The number of hydrogen-bond donors (Lipinski definition) is 0. The van der Waals surface area contributed by atoms with E-state index in [1.807, 2.05) is 12.2 Å². The monoisotopic (exact) mass is 220 g/mol. The second kappa shape index (κ2) is 5.08. The molecule has 0 spiro atoms. The molecule has 15 heavy (non-hydrogen) atoms. The molecule has 0 heterocycles. The second-order valence-electron chi connectivity index (χ2n) is 4.64. The molecule has 80 valence electrons. The first-order chi connectivity index (χ1) is 6.97. The van der Waals surface area contributed by atoms with Crippen LogP contribution < -0.4 is 0 Å². The van der Waals surface area contributed by atoms with Crippen molar-refractivity contribution in [3.8, 4) is 0 Å². The molecule has 0 N–H and O–H groups in total. The lowest BCUT2D eigenvalue weighted by molar-refractivity contribution is 0.628. The SMILES string of the molecule is C[Si](C)(C)/C=C/C=C/c1ccc(F)cc1. The summed E-state index contributed by atoms with van der Waals surface area (Å²) in [4.78, 5) is 0. The highest BCUT2D eigenvalue weighted by Crippen LogP contribution is 2.06. The van der Waals surface area contributed by atoms with Gasteiger partial charge in [0.05, 0.1) is 8.07 Å². The van der Waals surface area contributed by atoms with Crippen LogP contribution in [0.3, 0.4) is 0 Å². The predicted octanol–water partition coefficient (Wildman–Crippen LogP) is 4.27. The summed E-state index contributed by atoms with van der Waals surface area (Å²) in [5.74, 6) is -0.190. The fraction of sp³-hybridized carbons (Fsp3) is 0.231. The van der Waals surface area contributed by atoms with E-state index in [0.717, 1.165) is 5.56 Å². The minimum atomic E-state index is -1.10. The fourth-order valence-corrected chi connectivity index (χ4v) is 1.77. The normalized spacial score (nSPS) is 12.8. The Morgan fingerprint density at radius 1 is 1.00 bits per heavy atom. The number of benzene rings is 1. The highest BCUT2D eigenvalue weighted by molar-refractivity contribution is 6.81. The molecule has 0 radical (unpaired) electrons. The lowest BCUT2D eigenvalue weighted by atomic mass is 10.2. The fourth-order valence-electron chi connectivity index (χ4n) is 1.08. The van der Waals surface area contributed by atoms with E-state index in [1.165, 1.54) is 12.1 Å². The van der Waals surface area contributed by atoms with E-state index in [2.05, 4.69) is 31.4 Å². The van der Waals surface area contributed by atoms with Gasteiger partial charge in [-0.25, -0.2) is 4.39 Å². The highest BCUT2D eigenvalue weighted by atomic mass is 28.3. The van der Waals surface area contributed by atoms with Crippen molar-refractivity contribution in [2.75, 3.05) is 0 Å². The molecule has 0 aromatic heterocycles. The summed E-state index contributed by atoms with van der Waals surface area (Å²) in [6, 6.07) is 6.49. The standard InChI is InChI=1S/C13H17FSi/c1-15(2,3)11-5-4-6-12-7-9-13(14)10-8-12/h4-11H,1-3H3/b6-4+,11-5+. The van der Waals surface area contributed by atoms with Gasteiger partial charge >= 0.3 is 0 Å². The maximum atomic E-state index is 12.6. The molecule has 0 unspecified atom stereocenters. The number of hydrogen-bond acceptors (Lipinski definition) is 0. The van der Waals surface area contributed by atoms with Crippen LogP contribution in [-0.4, -0.2) is 8.07 Å². The summed E-state index contributed by atoms with van der Waals surface area (Å²) < 4.78 is 12.6. The average Bonchev–Trinajstić information content (AvgIpc) is 2.14. The Balaban J connectivity index is 2.59. The molecule has 1 aromatic carbocycles. The predicted molar refractivity (Wildman–Crippen MR) is 67.9 cm³/mol. The lowest BCUT2D eigenvalue weighted by Crippen LogP contribution is -2.14. The van der Waals surface area contributed by atoms with Gasteiger partial charge in [0.1, 0.15) is 5.82 Å². The Morgan fingerprint density at radius 2 is 1.60 bits per heavy atom. The van der Waals surface area contributed by atoms with Gasteiger partial charge in [0.2, 0.25) is 0 Å². The van der Waals surface area contributed by atoms with Gasteiger partial charge in [-0.05, 0) is 17.7 Å². The molecule has 2 heteroatoms. The van der Waals surface area contributed by atoms with Crippen LogP contribution >= 0.6 is 0 Å². The van der Waals surface area contributed by atoms with Crippen molar-refractivity contribution in [2.45, 2.75) is 19.6 Å². The van der Waals surface area contributed by atoms with E-state index in [9.17, 15) is 4.39 Å². The Morgan fingerprint density at radius 3 is 2.13 bits per heavy atom. The minimum Gasteiger partial charge on any atom is -0.207 e. The van der Waals surface area contributed by atoms with E-state index < -0.39 is 8.07 Å². The average molecular weight is 220 g/mol. The van der Waals surface area contributed by atoms with E-state index in [-0.39, 0.29) is 5.82 Å². The van der Waals surface area contributed by atoms with Gasteiger partial charge in [-0.2, -0.15) is 0 Å². The van der Waals surface area contributed by atoms with Crippen LogP contribution in [0, 0.1) is 5.82 Å². The van der Waals surface area contributed by atoms with Crippen LogP contribution in [0.4, 0.5) is 4.39 Å². The topological polar surface area (TPSA) is 0 Å². The first kappa shape index (κ1) is 11.9. The van der Waals surface area contributed by atoms with E-state index >= 15 is 0 Å². The summed E-state index contributed by atoms with van der Waals surface area (Å²) in [6.45, 7) is 6.86. The van der Waals surface area contributed by atoms with Crippen molar-refractivity contribution in [3.05, 3.63) is 53.5 Å². The molecule has 0 aliphatic carbocycles. The summed E-state index contributed by atoms with van der Waals surface area (Å²) in [5.41, 5.74) is 3.30. The van der Waals surface area contributed by atoms with Gasteiger partial charge in [0.25, 0.3) is 0 Å². The molecule has 0 nitrogen and oxygen atoms in total. The number of rotatable bonds is 3. The number of allylic oxidation sites excluding steroid dienone is 2. The van der Waals surface area contributed by atoms with Crippen molar-refractivity contribution in [1.29, 1.82) is 0 Å². The molecule has 1 aromatic rings. The summed E-state index contributed by atoms with van der Waals surface area (Å²) in [5, 5.41) is 0. The first-order valence-electron chi connectivity index (χ1n) is 5.09. The van der Waals surface area contributed by atoms with Crippen LogP contribution in [0.15, 0.2) is 42.1 Å². The highest BCUT2D eigenvalue weighted by Gasteiger charge is 2.05. The van der Waals surface area contributed by atoms with Crippen LogP contribution in [0.25, 0.3) is 6.08 Å². The zero-order valence-corrected chi connectivity index (χ0v) is 10.5. The molecular formula is C13H17FSi. The largest absolute Gasteiger partial charge is 0.207 e. The van der Waals surface area contributed by atoms with Gasteiger partial charge in [0, 0.05) is 0 Å². The summed E-state index contributed by atoms with van der Waals surface area (Å²) in [6.07, 6.45) is 6.07. The third-order valence-electron chi connectivity index (χ3n) is 1.87. The third kappa shape index (κ3) is 5.33.